The molecule has 1 heterocycles. The van der Waals surface area contributed by atoms with Gasteiger partial charge < -0.3 is 30.0 Å². The van der Waals surface area contributed by atoms with Crippen LogP contribution in [0, 0.1) is 5.92 Å². The third-order valence-corrected chi connectivity index (χ3v) is 4.03. The van der Waals surface area contributed by atoms with Crippen LogP contribution in [-0.2, 0) is 16.0 Å². The van der Waals surface area contributed by atoms with Gasteiger partial charge in [-0.25, -0.2) is 4.99 Å². The summed E-state index contributed by atoms with van der Waals surface area (Å²) >= 11 is 0. The van der Waals surface area contributed by atoms with Gasteiger partial charge in [0.1, 0.15) is 0 Å². The van der Waals surface area contributed by atoms with E-state index in [1.165, 1.54) is 0 Å². The molecule has 7 heteroatoms. The van der Waals surface area contributed by atoms with E-state index >= 15 is 0 Å². The minimum absolute atomic E-state index is 0.430. The molecule has 1 atom stereocenters. The minimum atomic E-state index is 0.430. The molecule has 1 saturated heterocycles. The van der Waals surface area contributed by atoms with E-state index < -0.39 is 0 Å². The van der Waals surface area contributed by atoms with Gasteiger partial charge in [-0.2, -0.15) is 0 Å². The van der Waals surface area contributed by atoms with Crippen LogP contribution in [0.5, 0.6) is 11.5 Å². The van der Waals surface area contributed by atoms with E-state index in [4.69, 9.17) is 24.7 Å². The van der Waals surface area contributed by atoms with Crippen LogP contribution in [0.15, 0.2) is 23.2 Å². The second kappa shape index (κ2) is 10.8. The minimum Gasteiger partial charge on any atom is -0.493 e. The lowest BCUT2D eigenvalue weighted by molar-refractivity contribution is 0.0888. The van der Waals surface area contributed by atoms with Crippen molar-refractivity contribution in [2.45, 2.75) is 19.4 Å². The molecule has 1 aromatic rings. The zero-order valence-electron chi connectivity index (χ0n) is 15.1. The average molecular weight is 351 g/mol. The maximum atomic E-state index is 5.89. The summed E-state index contributed by atoms with van der Waals surface area (Å²) in [5.41, 5.74) is 6.89. The fourth-order valence-corrected chi connectivity index (χ4v) is 2.57. The molecule has 1 fully saturated rings. The lowest BCUT2D eigenvalue weighted by Crippen LogP contribution is -2.33. The Balaban J connectivity index is 1.62. The number of methoxy groups -OCH3 is 2. The molecule has 0 aromatic heterocycles. The normalized spacial score (nSPS) is 17.5. The summed E-state index contributed by atoms with van der Waals surface area (Å²) in [7, 11) is 3.23. The van der Waals surface area contributed by atoms with Crippen LogP contribution in [0.1, 0.15) is 18.4 Å². The van der Waals surface area contributed by atoms with E-state index in [1.807, 2.05) is 18.2 Å². The Bertz CT molecular complexity index is 545. The Morgan fingerprint density at radius 1 is 1.32 bits per heavy atom. The van der Waals surface area contributed by atoms with Gasteiger partial charge in [-0.1, -0.05) is 6.07 Å². The monoisotopic (exact) mass is 351 g/mol. The SMILES string of the molecule is COc1ccc(CN=C(N)NCCCOCC2CCOC2)cc1OC. The highest BCUT2D eigenvalue weighted by Gasteiger charge is 2.15. The molecule has 0 aliphatic carbocycles. The Labute approximate surface area is 149 Å². The van der Waals surface area contributed by atoms with Crippen molar-refractivity contribution in [2.75, 3.05) is 47.2 Å². The van der Waals surface area contributed by atoms with Crippen molar-refractivity contribution >= 4 is 5.96 Å². The summed E-state index contributed by atoms with van der Waals surface area (Å²) in [6.45, 7) is 4.41. The van der Waals surface area contributed by atoms with Crippen LogP contribution in [0.4, 0.5) is 0 Å². The Kier molecular flexibility index (Phi) is 8.34. The number of benzene rings is 1. The van der Waals surface area contributed by atoms with E-state index in [2.05, 4.69) is 10.3 Å². The number of aliphatic imine (C=N–C) groups is 1. The fraction of sp³-hybridized carbons (Fsp3) is 0.611. The van der Waals surface area contributed by atoms with E-state index in [1.54, 1.807) is 14.2 Å². The first-order valence-electron chi connectivity index (χ1n) is 8.63. The number of ether oxygens (including phenoxy) is 4. The largest absolute Gasteiger partial charge is 0.493 e. The first-order valence-corrected chi connectivity index (χ1v) is 8.63. The maximum Gasteiger partial charge on any atom is 0.188 e. The van der Waals surface area contributed by atoms with Crippen LogP contribution < -0.4 is 20.5 Å². The second-order valence-corrected chi connectivity index (χ2v) is 5.98. The Morgan fingerprint density at radius 3 is 2.88 bits per heavy atom. The maximum absolute atomic E-state index is 5.89. The van der Waals surface area contributed by atoms with Gasteiger partial charge in [0.25, 0.3) is 0 Å². The topological polar surface area (TPSA) is 87.3 Å². The first kappa shape index (κ1) is 19.3. The zero-order chi connectivity index (χ0) is 17.9. The summed E-state index contributed by atoms with van der Waals surface area (Å²) in [6, 6.07) is 5.70. The van der Waals surface area contributed by atoms with Crippen molar-refractivity contribution in [1.29, 1.82) is 0 Å². The smallest absolute Gasteiger partial charge is 0.188 e. The van der Waals surface area contributed by atoms with Crippen molar-refractivity contribution in [1.82, 2.24) is 5.32 Å². The van der Waals surface area contributed by atoms with Crippen molar-refractivity contribution < 1.29 is 18.9 Å². The van der Waals surface area contributed by atoms with E-state index in [0.29, 0.717) is 36.5 Å². The highest BCUT2D eigenvalue weighted by molar-refractivity contribution is 5.77. The van der Waals surface area contributed by atoms with Crippen molar-refractivity contribution in [3.63, 3.8) is 0 Å². The van der Waals surface area contributed by atoms with Gasteiger partial charge in [0, 0.05) is 25.7 Å². The third kappa shape index (κ3) is 6.80. The Morgan fingerprint density at radius 2 is 2.16 bits per heavy atom. The third-order valence-electron chi connectivity index (χ3n) is 4.03. The quantitative estimate of drug-likeness (QED) is 0.378. The molecule has 140 valence electrons. The van der Waals surface area contributed by atoms with Crippen molar-refractivity contribution in [2.24, 2.45) is 16.6 Å². The molecule has 1 aliphatic heterocycles. The van der Waals surface area contributed by atoms with Gasteiger partial charge in [0.2, 0.25) is 0 Å². The molecule has 0 bridgehead atoms. The van der Waals surface area contributed by atoms with Crippen molar-refractivity contribution in [3.8, 4) is 11.5 Å². The van der Waals surface area contributed by atoms with Crippen LogP contribution in [0.3, 0.4) is 0 Å². The molecule has 1 unspecified atom stereocenters. The summed E-state index contributed by atoms with van der Waals surface area (Å²) in [6.07, 6.45) is 1.99. The molecule has 0 radical (unpaired) electrons. The van der Waals surface area contributed by atoms with Crippen LogP contribution in [0.25, 0.3) is 0 Å². The molecule has 25 heavy (non-hydrogen) atoms. The second-order valence-electron chi connectivity index (χ2n) is 5.98. The number of nitrogens with one attached hydrogen (secondary N) is 1. The number of nitrogens with zero attached hydrogens (tertiary/aromatic N) is 1. The van der Waals surface area contributed by atoms with Gasteiger partial charge in [-0.3, -0.25) is 0 Å². The van der Waals surface area contributed by atoms with Gasteiger partial charge in [0.15, 0.2) is 17.5 Å². The number of rotatable bonds is 10. The highest BCUT2D eigenvalue weighted by Crippen LogP contribution is 2.27. The molecule has 7 nitrogen and oxygen atoms in total. The molecule has 0 amide bonds. The van der Waals surface area contributed by atoms with Gasteiger partial charge in [-0.05, 0) is 30.5 Å². The van der Waals surface area contributed by atoms with Crippen molar-refractivity contribution in [3.05, 3.63) is 23.8 Å². The molecule has 2 rings (SSSR count). The van der Waals surface area contributed by atoms with Gasteiger partial charge in [-0.15, -0.1) is 0 Å². The van der Waals surface area contributed by atoms with Gasteiger partial charge >= 0.3 is 0 Å². The summed E-state index contributed by atoms with van der Waals surface area (Å²) < 4.78 is 21.5. The first-order chi connectivity index (χ1) is 12.2. The molecular formula is C18H29N3O4. The molecule has 0 spiro atoms. The lowest BCUT2D eigenvalue weighted by atomic mass is 10.1. The van der Waals surface area contributed by atoms with Gasteiger partial charge in [0.05, 0.1) is 34.0 Å². The average Bonchev–Trinajstić information content (AvgIpc) is 3.16. The van der Waals surface area contributed by atoms with E-state index in [9.17, 15) is 0 Å². The molecule has 1 aliphatic rings. The highest BCUT2D eigenvalue weighted by atomic mass is 16.5. The summed E-state index contributed by atoms with van der Waals surface area (Å²) in [5, 5.41) is 3.10. The van der Waals surface area contributed by atoms with E-state index in [-0.39, 0.29) is 0 Å². The molecule has 3 N–H and O–H groups in total. The summed E-state index contributed by atoms with van der Waals surface area (Å²) in [4.78, 5) is 4.34. The predicted octanol–water partition coefficient (Wildman–Crippen LogP) is 1.55. The fourth-order valence-electron chi connectivity index (χ4n) is 2.57. The van der Waals surface area contributed by atoms with Crippen LogP contribution in [-0.4, -0.2) is 53.2 Å². The number of guanidine groups is 1. The zero-order valence-corrected chi connectivity index (χ0v) is 15.1. The molecule has 0 saturated carbocycles. The Hall–Kier alpha value is -1.99. The summed E-state index contributed by atoms with van der Waals surface area (Å²) in [5.74, 6) is 2.37. The van der Waals surface area contributed by atoms with E-state index in [0.717, 1.165) is 44.8 Å². The molecule has 1 aromatic carbocycles. The van der Waals surface area contributed by atoms with Crippen LogP contribution in [0.2, 0.25) is 0 Å². The standard InChI is InChI=1S/C18H29N3O4/c1-22-16-5-4-14(10-17(16)23-2)11-21-18(19)20-7-3-8-24-12-15-6-9-25-13-15/h4-5,10,15H,3,6-9,11-13H2,1-2H3,(H3,19,20,21). The molecular weight excluding hydrogens is 322 g/mol. The number of nitrogens with two attached hydrogens (primary N) is 1. The lowest BCUT2D eigenvalue weighted by Gasteiger charge is -2.10. The van der Waals surface area contributed by atoms with Crippen LogP contribution >= 0.6 is 0 Å². The number of hydrogen-bond acceptors (Lipinski definition) is 5. The number of hydrogen-bond donors (Lipinski definition) is 2. The predicted molar refractivity (Wildman–Crippen MR) is 97.2 cm³/mol.